The van der Waals surface area contributed by atoms with E-state index in [1.54, 1.807) is 11.6 Å². The van der Waals surface area contributed by atoms with E-state index in [0.29, 0.717) is 25.3 Å². The van der Waals surface area contributed by atoms with Gasteiger partial charge in [0, 0.05) is 38.8 Å². The number of rotatable bonds is 7. The highest BCUT2D eigenvalue weighted by atomic mass is 32.2. The molecule has 2 aromatic rings. The van der Waals surface area contributed by atoms with Crippen molar-refractivity contribution in [3.63, 3.8) is 0 Å². The van der Waals surface area contributed by atoms with Crippen molar-refractivity contribution in [1.29, 1.82) is 0 Å². The second-order valence-corrected chi connectivity index (χ2v) is 8.95. The first-order valence-corrected chi connectivity index (χ1v) is 10.9. The summed E-state index contributed by atoms with van der Waals surface area (Å²) in [4.78, 5) is 12.8. The van der Waals surface area contributed by atoms with Gasteiger partial charge in [-0.05, 0) is 30.9 Å². The van der Waals surface area contributed by atoms with Crippen molar-refractivity contribution in [2.45, 2.75) is 37.0 Å². The summed E-state index contributed by atoms with van der Waals surface area (Å²) in [5, 5.41) is 2.96. The monoisotopic (exact) mass is 389 g/mol. The molecule has 1 unspecified atom stereocenters. The van der Waals surface area contributed by atoms with Crippen molar-refractivity contribution >= 4 is 15.9 Å². The average Bonchev–Trinajstić information content (AvgIpc) is 3.33. The summed E-state index contributed by atoms with van der Waals surface area (Å²) in [7, 11) is -1.82. The van der Waals surface area contributed by atoms with Crippen LogP contribution in [-0.2, 0) is 17.1 Å². The molecule has 1 aliphatic heterocycles. The fourth-order valence-electron chi connectivity index (χ4n) is 3.51. The highest BCUT2D eigenvalue weighted by molar-refractivity contribution is 7.89. The van der Waals surface area contributed by atoms with Crippen molar-refractivity contribution in [2.24, 2.45) is 7.05 Å². The molecule has 6 nitrogen and oxygen atoms in total. The number of hydrogen-bond donors (Lipinski definition) is 1. The molecule has 1 amide bonds. The van der Waals surface area contributed by atoms with Gasteiger partial charge in [-0.2, -0.15) is 4.31 Å². The molecule has 0 bridgehead atoms. The van der Waals surface area contributed by atoms with Crippen molar-refractivity contribution in [3.8, 4) is 0 Å². The Kier molecular flexibility index (Phi) is 6.01. The van der Waals surface area contributed by atoms with Gasteiger partial charge in [-0.3, -0.25) is 4.79 Å². The first-order valence-electron chi connectivity index (χ1n) is 9.43. The van der Waals surface area contributed by atoms with Crippen LogP contribution >= 0.6 is 0 Å². The van der Waals surface area contributed by atoms with Crippen LogP contribution in [0, 0.1) is 0 Å². The van der Waals surface area contributed by atoms with Gasteiger partial charge in [-0.25, -0.2) is 8.42 Å². The quantitative estimate of drug-likeness (QED) is 0.791. The molecule has 0 aliphatic carbocycles. The van der Waals surface area contributed by atoms with Crippen LogP contribution in [0.25, 0.3) is 0 Å². The van der Waals surface area contributed by atoms with Crippen molar-refractivity contribution in [3.05, 3.63) is 53.9 Å². The number of carbonyl (C=O) groups is 1. The molecule has 0 radical (unpaired) electrons. The summed E-state index contributed by atoms with van der Waals surface area (Å²) in [5.41, 5.74) is 1.54. The Morgan fingerprint density at radius 2 is 1.85 bits per heavy atom. The van der Waals surface area contributed by atoms with Gasteiger partial charge in [0.05, 0.1) is 0 Å². The molecule has 1 saturated heterocycles. The smallest absolute Gasteiger partial charge is 0.267 e. The largest absolute Gasteiger partial charge is 0.350 e. The highest BCUT2D eigenvalue weighted by Gasteiger charge is 2.29. The van der Waals surface area contributed by atoms with Crippen molar-refractivity contribution < 1.29 is 13.2 Å². The maximum absolute atomic E-state index is 12.7. The molecule has 7 heteroatoms. The molecule has 1 fully saturated rings. The average molecular weight is 390 g/mol. The van der Waals surface area contributed by atoms with E-state index in [1.807, 2.05) is 18.2 Å². The lowest BCUT2D eigenvalue weighted by molar-refractivity contribution is 0.0942. The number of aryl methyl sites for hydroxylation is 1. The van der Waals surface area contributed by atoms with Gasteiger partial charge in [0.25, 0.3) is 5.91 Å². The Bertz CT molecular complexity index is 884. The van der Waals surface area contributed by atoms with E-state index in [4.69, 9.17) is 0 Å². The highest BCUT2D eigenvalue weighted by Crippen LogP contribution is 2.23. The molecule has 146 valence electrons. The number of benzene rings is 1. The van der Waals surface area contributed by atoms with Crippen LogP contribution in [-0.4, -0.2) is 42.8 Å². The van der Waals surface area contributed by atoms with Gasteiger partial charge in [0.15, 0.2) is 0 Å². The molecule has 3 rings (SSSR count). The van der Waals surface area contributed by atoms with Gasteiger partial charge in [0.2, 0.25) is 10.0 Å². The van der Waals surface area contributed by atoms with Crippen LogP contribution in [0.1, 0.15) is 48.2 Å². The second-order valence-electron chi connectivity index (χ2n) is 7.01. The van der Waals surface area contributed by atoms with Gasteiger partial charge in [-0.1, -0.05) is 37.3 Å². The van der Waals surface area contributed by atoms with E-state index in [0.717, 1.165) is 19.3 Å². The van der Waals surface area contributed by atoms with E-state index >= 15 is 0 Å². The first-order chi connectivity index (χ1) is 12.9. The fraction of sp³-hybridized carbons (Fsp3) is 0.450. The Morgan fingerprint density at radius 1 is 1.19 bits per heavy atom. The zero-order chi connectivity index (χ0) is 19.4. The molecule has 27 heavy (non-hydrogen) atoms. The van der Waals surface area contributed by atoms with Crippen LogP contribution in [0.4, 0.5) is 0 Å². The predicted octanol–water partition coefficient (Wildman–Crippen LogP) is 2.73. The molecule has 1 N–H and O–H groups in total. The summed E-state index contributed by atoms with van der Waals surface area (Å²) in [5.74, 6) is -0.0297. The molecule has 1 aromatic carbocycles. The third-order valence-corrected chi connectivity index (χ3v) is 7.05. The van der Waals surface area contributed by atoms with Crippen LogP contribution in [0.15, 0.2) is 47.5 Å². The minimum absolute atomic E-state index is 0.187. The minimum atomic E-state index is -3.52. The fourth-order valence-corrected chi connectivity index (χ4v) is 5.10. The minimum Gasteiger partial charge on any atom is -0.350 e. The maximum Gasteiger partial charge on any atom is 0.267 e. The number of carbonyl (C=O) groups excluding carboxylic acids is 1. The van der Waals surface area contributed by atoms with Gasteiger partial charge < -0.3 is 9.88 Å². The topological polar surface area (TPSA) is 71.4 Å². The molecule has 2 heterocycles. The Labute approximate surface area is 161 Å². The third-order valence-electron chi connectivity index (χ3n) is 5.19. The molecule has 1 aromatic heterocycles. The van der Waals surface area contributed by atoms with Gasteiger partial charge in [0.1, 0.15) is 10.6 Å². The number of nitrogens with one attached hydrogen (secondary N) is 1. The number of aromatic nitrogens is 1. The van der Waals surface area contributed by atoms with E-state index in [2.05, 4.69) is 24.4 Å². The number of hydrogen-bond acceptors (Lipinski definition) is 3. The molecule has 0 saturated carbocycles. The molecule has 1 atom stereocenters. The number of sulfonamides is 1. The van der Waals surface area contributed by atoms with Crippen LogP contribution in [0.3, 0.4) is 0 Å². The Balaban J connectivity index is 1.71. The molecular formula is C20H27N3O3S. The normalized spacial score (nSPS) is 16.4. The number of nitrogens with zero attached hydrogens (tertiary/aromatic N) is 2. The van der Waals surface area contributed by atoms with E-state index < -0.39 is 10.0 Å². The lowest BCUT2D eigenvalue weighted by Gasteiger charge is -2.16. The Hall–Kier alpha value is -2.12. The van der Waals surface area contributed by atoms with E-state index in [9.17, 15) is 13.2 Å². The summed E-state index contributed by atoms with van der Waals surface area (Å²) in [6, 6.07) is 11.6. The molecular weight excluding hydrogens is 362 g/mol. The van der Waals surface area contributed by atoms with E-state index in [-0.39, 0.29) is 16.7 Å². The van der Waals surface area contributed by atoms with Crippen molar-refractivity contribution in [1.82, 2.24) is 14.2 Å². The summed E-state index contributed by atoms with van der Waals surface area (Å²) in [6.07, 6.45) is 4.21. The van der Waals surface area contributed by atoms with Crippen LogP contribution in [0.5, 0.6) is 0 Å². The van der Waals surface area contributed by atoms with Crippen LogP contribution in [0.2, 0.25) is 0 Å². The zero-order valence-corrected chi connectivity index (χ0v) is 16.7. The van der Waals surface area contributed by atoms with Gasteiger partial charge >= 0.3 is 0 Å². The zero-order valence-electron chi connectivity index (χ0n) is 15.9. The third kappa shape index (κ3) is 4.25. The second kappa shape index (κ2) is 8.27. The van der Waals surface area contributed by atoms with Crippen LogP contribution < -0.4 is 5.32 Å². The van der Waals surface area contributed by atoms with E-state index in [1.165, 1.54) is 22.1 Å². The number of amides is 1. The first kappa shape index (κ1) is 19.6. The maximum atomic E-state index is 12.7. The van der Waals surface area contributed by atoms with Gasteiger partial charge in [-0.15, -0.1) is 0 Å². The summed E-state index contributed by atoms with van der Waals surface area (Å²) >= 11 is 0. The van der Waals surface area contributed by atoms with Crippen molar-refractivity contribution in [2.75, 3.05) is 19.6 Å². The summed E-state index contributed by atoms with van der Waals surface area (Å²) in [6.45, 7) is 3.70. The molecule has 0 spiro atoms. The lowest BCUT2D eigenvalue weighted by atomic mass is 9.96. The lowest BCUT2D eigenvalue weighted by Crippen LogP contribution is -2.29. The standard InChI is InChI=1S/C20H27N3O3S/c1-3-16(17-9-5-4-6-10-17)14-21-20(24)19-13-18(15-22(19)2)27(25,26)23-11-7-8-12-23/h4-6,9-10,13,15-16H,3,7-8,11-12,14H2,1-2H3,(H,21,24). The summed E-state index contributed by atoms with van der Waals surface area (Å²) < 4.78 is 28.5. The Morgan fingerprint density at radius 3 is 2.48 bits per heavy atom. The predicted molar refractivity (Wildman–Crippen MR) is 105 cm³/mol. The molecule has 1 aliphatic rings. The SMILES string of the molecule is CCC(CNC(=O)c1cc(S(=O)(=O)N2CCCC2)cn1C)c1ccccc1.